The van der Waals surface area contributed by atoms with Crippen LogP contribution in [-0.2, 0) is 0 Å². The van der Waals surface area contributed by atoms with Crippen molar-refractivity contribution in [2.24, 2.45) is 0 Å². The molecule has 0 unspecified atom stereocenters. The van der Waals surface area contributed by atoms with Gasteiger partial charge in [-0.25, -0.2) is 18.6 Å². The SMILES string of the molecule is Cc1ccc(-c2cc3c4ccccc4c4cncc5c6ccccc6c(c2)[n+]3c45)cc1.[O-][Cl+3]([O-])([O-])[O-]. The lowest BCUT2D eigenvalue weighted by molar-refractivity contribution is -2.00. The molecule has 7 aromatic rings. The van der Waals surface area contributed by atoms with Crippen LogP contribution in [0, 0.1) is 17.2 Å². The Balaban J connectivity index is 0.000000441. The fourth-order valence-electron chi connectivity index (χ4n) is 5.12. The van der Waals surface area contributed by atoms with E-state index in [9.17, 15) is 0 Å². The molecule has 0 aliphatic carbocycles. The van der Waals surface area contributed by atoms with Crippen LogP contribution in [0.3, 0.4) is 0 Å². The van der Waals surface area contributed by atoms with Crippen LogP contribution < -0.4 is 23.0 Å². The second-order valence-electron chi connectivity index (χ2n) is 8.77. The Morgan fingerprint density at radius 1 is 0.583 bits per heavy atom. The molecule has 3 aromatic carbocycles. The quantitative estimate of drug-likeness (QED) is 0.197. The number of hydrogen-bond donors (Lipinski definition) is 0. The van der Waals surface area contributed by atoms with Gasteiger partial charge in [0.25, 0.3) is 0 Å². The first-order valence-corrected chi connectivity index (χ1v) is 12.5. The molecule has 36 heavy (non-hydrogen) atoms. The summed E-state index contributed by atoms with van der Waals surface area (Å²) in [6.45, 7) is 2.13. The van der Waals surface area contributed by atoms with Gasteiger partial charge in [-0.3, -0.25) is 4.98 Å². The molecule has 7 rings (SSSR count). The van der Waals surface area contributed by atoms with Crippen molar-refractivity contribution in [1.29, 1.82) is 0 Å². The molecule has 0 spiro atoms. The molecule has 0 aliphatic rings. The molecule has 4 aromatic heterocycles. The van der Waals surface area contributed by atoms with Gasteiger partial charge in [0.2, 0.25) is 16.6 Å². The summed E-state index contributed by atoms with van der Waals surface area (Å²) in [5.41, 5.74) is 7.47. The van der Waals surface area contributed by atoms with Gasteiger partial charge in [0.05, 0.1) is 21.5 Å². The third-order valence-corrected chi connectivity index (χ3v) is 6.58. The number of benzene rings is 3. The fraction of sp³-hybridized carbons (Fsp3) is 0.0345. The highest BCUT2D eigenvalue weighted by atomic mass is 35.7. The van der Waals surface area contributed by atoms with Gasteiger partial charge in [-0.2, -0.15) is 4.40 Å². The van der Waals surface area contributed by atoms with Gasteiger partial charge in [-0.1, -0.05) is 66.2 Å². The van der Waals surface area contributed by atoms with Crippen molar-refractivity contribution in [2.75, 3.05) is 0 Å². The molecule has 4 heterocycles. The number of rotatable bonds is 1. The maximum Gasteiger partial charge on any atom is 0.230 e. The molecular formula is C29H19ClN2O4. The van der Waals surface area contributed by atoms with Crippen molar-refractivity contribution in [3.63, 3.8) is 0 Å². The molecule has 0 aliphatic heterocycles. The van der Waals surface area contributed by atoms with E-state index in [1.54, 1.807) is 0 Å². The lowest BCUT2D eigenvalue weighted by Gasteiger charge is -2.17. The third-order valence-electron chi connectivity index (χ3n) is 6.58. The molecule has 0 amide bonds. The Kier molecular flexibility index (Phi) is 5.22. The normalized spacial score (nSPS) is 12.0. The highest BCUT2D eigenvalue weighted by Gasteiger charge is 2.25. The van der Waals surface area contributed by atoms with Gasteiger partial charge in [0.1, 0.15) is 0 Å². The summed E-state index contributed by atoms with van der Waals surface area (Å²) in [6, 6.07) is 30.9. The molecule has 0 radical (unpaired) electrons. The second kappa shape index (κ2) is 8.34. The molecule has 7 heteroatoms. The summed E-state index contributed by atoms with van der Waals surface area (Å²) < 4.78 is 36.4. The number of aromatic nitrogens is 2. The lowest BCUT2D eigenvalue weighted by atomic mass is 9.96. The van der Waals surface area contributed by atoms with Crippen molar-refractivity contribution in [3.05, 3.63) is 103 Å². The molecule has 0 saturated heterocycles. The van der Waals surface area contributed by atoms with E-state index in [0.717, 1.165) is 0 Å². The third kappa shape index (κ3) is 3.78. The Bertz CT molecular complexity index is 1790. The molecule has 0 fully saturated rings. The van der Waals surface area contributed by atoms with E-state index >= 15 is 0 Å². The molecule has 6 nitrogen and oxygen atoms in total. The van der Waals surface area contributed by atoms with Crippen LogP contribution in [0.4, 0.5) is 0 Å². The predicted octanol–water partition coefficient (Wildman–Crippen LogP) is 2.09. The number of fused-ring (bicyclic) bond motifs is 6. The van der Waals surface area contributed by atoms with Gasteiger partial charge in [-0.05, 0) is 30.2 Å². The number of aryl methyl sites for hydroxylation is 1. The zero-order valence-electron chi connectivity index (χ0n) is 19.1. The summed E-state index contributed by atoms with van der Waals surface area (Å²) in [5, 5.41) is 7.40. The first-order chi connectivity index (χ1) is 17.3. The monoisotopic (exact) mass is 494 g/mol. The van der Waals surface area contributed by atoms with Gasteiger partial charge in [-0.15, -0.1) is 10.2 Å². The molecule has 0 saturated carbocycles. The molecule has 0 N–H and O–H groups in total. The Morgan fingerprint density at radius 3 is 1.50 bits per heavy atom. The highest BCUT2D eigenvalue weighted by Crippen LogP contribution is 2.36. The fourth-order valence-corrected chi connectivity index (χ4v) is 5.12. The van der Waals surface area contributed by atoms with E-state index in [1.807, 2.05) is 12.4 Å². The minimum Gasteiger partial charge on any atom is -0.263 e. The standard InChI is InChI=1S/C29H19N2.ClHO4/c1-18-10-12-19(13-11-18)20-14-27-23-8-4-2-6-21(23)25-16-30-17-26-22-7-3-5-9-24(22)28(15-20)31(27)29(25)26;2-1(3,4)5/h2-17H,1H3;(H,2,3,4,5)/q+1;/p-1. The van der Waals surface area contributed by atoms with Crippen molar-refractivity contribution < 1.29 is 33.3 Å². The number of halogens is 1. The minimum absolute atomic E-state index is 1.20. The Morgan fingerprint density at radius 2 is 1.03 bits per heavy atom. The summed E-state index contributed by atoms with van der Waals surface area (Å²) in [6.07, 6.45) is 4.03. The Labute approximate surface area is 208 Å². The zero-order chi connectivity index (χ0) is 25.0. The smallest absolute Gasteiger partial charge is 0.230 e. The molecule has 176 valence electrons. The van der Waals surface area contributed by atoms with Crippen LogP contribution in [0.15, 0.2) is 97.3 Å². The Hall–Kier alpha value is -3.91. The van der Waals surface area contributed by atoms with Crippen LogP contribution in [0.1, 0.15) is 5.56 Å². The van der Waals surface area contributed by atoms with E-state index in [1.165, 1.54) is 65.6 Å². The average Bonchev–Trinajstić information content (AvgIpc) is 2.87. The summed E-state index contributed by atoms with van der Waals surface area (Å²) >= 11 is 0. The number of hydrogen-bond acceptors (Lipinski definition) is 5. The zero-order valence-corrected chi connectivity index (χ0v) is 19.9. The molecule has 0 bridgehead atoms. The molecule has 0 atom stereocenters. The van der Waals surface area contributed by atoms with Crippen LogP contribution >= 0.6 is 0 Å². The van der Waals surface area contributed by atoms with Crippen molar-refractivity contribution in [2.45, 2.75) is 6.92 Å². The first kappa shape index (κ1) is 22.5. The number of nitrogens with zero attached hydrogens (tertiary/aromatic N) is 2. The predicted molar refractivity (Wildman–Crippen MR) is 129 cm³/mol. The van der Waals surface area contributed by atoms with Crippen molar-refractivity contribution in [3.8, 4) is 11.1 Å². The number of pyridine rings is 4. The van der Waals surface area contributed by atoms with E-state index in [4.69, 9.17) is 18.6 Å². The summed E-state index contributed by atoms with van der Waals surface area (Å²) in [4.78, 5) is 4.63. The van der Waals surface area contributed by atoms with E-state index in [2.05, 4.69) is 101 Å². The van der Waals surface area contributed by atoms with Gasteiger partial charge in [0, 0.05) is 35.3 Å². The summed E-state index contributed by atoms with van der Waals surface area (Å²) in [7, 11) is -4.94. The van der Waals surface area contributed by atoms with Gasteiger partial charge < -0.3 is 0 Å². The van der Waals surface area contributed by atoms with Crippen molar-refractivity contribution >= 4 is 48.9 Å². The largest absolute Gasteiger partial charge is 0.263 e. The highest BCUT2D eigenvalue weighted by molar-refractivity contribution is 6.20. The van der Waals surface area contributed by atoms with E-state index in [0.29, 0.717) is 0 Å². The van der Waals surface area contributed by atoms with E-state index in [-0.39, 0.29) is 0 Å². The minimum atomic E-state index is -4.94. The van der Waals surface area contributed by atoms with Crippen molar-refractivity contribution in [1.82, 2.24) is 4.98 Å². The van der Waals surface area contributed by atoms with Crippen LogP contribution in [0.25, 0.3) is 60.0 Å². The second-order valence-corrected chi connectivity index (χ2v) is 9.52. The maximum atomic E-state index is 8.49. The van der Waals surface area contributed by atoms with Gasteiger partial charge >= 0.3 is 0 Å². The van der Waals surface area contributed by atoms with Crippen LogP contribution in [0.5, 0.6) is 0 Å². The lowest BCUT2D eigenvalue weighted by Crippen LogP contribution is -2.68. The molecular weight excluding hydrogens is 476 g/mol. The topological polar surface area (TPSA) is 109 Å². The average molecular weight is 495 g/mol. The maximum absolute atomic E-state index is 8.49. The van der Waals surface area contributed by atoms with Gasteiger partial charge in [0.15, 0.2) is 0 Å². The summed E-state index contributed by atoms with van der Waals surface area (Å²) in [5.74, 6) is 0. The van der Waals surface area contributed by atoms with E-state index < -0.39 is 10.2 Å². The van der Waals surface area contributed by atoms with Crippen LogP contribution in [0.2, 0.25) is 0 Å². The first-order valence-electron chi connectivity index (χ1n) is 11.3. The van der Waals surface area contributed by atoms with Crippen LogP contribution in [-0.4, -0.2) is 4.98 Å².